The van der Waals surface area contributed by atoms with Gasteiger partial charge in [-0.15, -0.1) is 11.3 Å². The van der Waals surface area contributed by atoms with Crippen LogP contribution in [0, 0.1) is 5.92 Å². The maximum absolute atomic E-state index is 13.2. The zero-order valence-corrected chi connectivity index (χ0v) is 22.1. The molecule has 1 atom stereocenters. The number of aromatic carboxylic acids is 1. The van der Waals surface area contributed by atoms with E-state index in [2.05, 4.69) is 10.3 Å². The summed E-state index contributed by atoms with van der Waals surface area (Å²) in [4.78, 5) is 43.1. The van der Waals surface area contributed by atoms with Crippen LogP contribution in [-0.2, 0) is 21.1 Å². The number of carboxylic acid groups (broad SMARTS) is 1. The number of benzene rings is 2. The van der Waals surface area contributed by atoms with Crippen molar-refractivity contribution in [2.24, 2.45) is 5.92 Å². The minimum absolute atomic E-state index is 0.0149. The van der Waals surface area contributed by atoms with Crippen LogP contribution in [0.2, 0.25) is 0 Å². The highest BCUT2D eigenvalue weighted by Gasteiger charge is 2.33. The van der Waals surface area contributed by atoms with E-state index in [1.54, 1.807) is 53.4 Å². The number of hydrogen-bond donors (Lipinski definition) is 2. The number of hydrogen-bond acceptors (Lipinski definition) is 7. The number of anilines is 1. The van der Waals surface area contributed by atoms with E-state index in [0.717, 1.165) is 25.7 Å². The van der Waals surface area contributed by atoms with Crippen LogP contribution in [-0.4, -0.2) is 53.5 Å². The Morgan fingerprint density at radius 2 is 1.74 bits per heavy atom. The quantitative estimate of drug-likeness (QED) is 0.406. The Kier molecular flexibility index (Phi) is 7.31. The average Bonchev–Trinajstić information content (AvgIpc) is 3.34. The Labute approximate surface area is 224 Å². The lowest BCUT2D eigenvalue weighted by atomic mass is 10.1. The fraction of sp³-hybridized carbons (Fsp3) is 0.333. The van der Waals surface area contributed by atoms with E-state index in [4.69, 9.17) is 5.11 Å². The van der Waals surface area contributed by atoms with E-state index in [-0.39, 0.29) is 46.5 Å². The zero-order chi connectivity index (χ0) is 26.9. The number of carbonyl (C=O) groups excluding carboxylic acids is 2. The molecule has 2 fully saturated rings. The van der Waals surface area contributed by atoms with Gasteiger partial charge in [-0.2, -0.15) is 0 Å². The Bertz CT molecular complexity index is 1460. The Hall–Kier alpha value is -3.57. The Morgan fingerprint density at radius 1 is 1.03 bits per heavy atom. The number of carboxylic acids is 1. The number of nitrogens with zero attached hydrogens (tertiary/aromatic N) is 2. The molecule has 198 valence electrons. The number of aromatic nitrogens is 1. The molecule has 0 spiro atoms. The van der Waals surface area contributed by atoms with Crippen LogP contribution in [0.3, 0.4) is 0 Å². The molecule has 2 N–H and O–H groups in total. The summed E-state index contributed by atoms with van der Waals surface area (Å²) in [5.41, 5.74) is 1.69. The van der Waals surface area contributed by atoms with Crippen molar-refractivity contribution in [3.8, 4) is 0 Å². The smallest absolute Gasteiger partial charge is 0.355 e. The fourth-order valence-electron chi connectivity index (χ4n) is 4.56. The van der Waals surface area contributed by atoms with Gasteiger partial charge in [0.2, 0.25) is 5.91 Å². The minimum Gasteiger partial charge on any atom is -0.476 e. The van der Waals surface area contributed by atoms with Crippen molar-refractivity contribution in [2.45, 2.75) is 43.0 Å². The number of rotatable bonds is 9. The molecule has 0 bridgehead atoms. The SMILES string of the molecule is O=C(Cc1ccc(S(=O)(=O)CC2CC2)cc1)Nc1ccc(C(=O)N2CCCC2c2nc(C(=O)O)cs2)cc1. The molecule has 1 aliphatic carbocycles. The molecule has 1 unspecified atom stereocenters. The number of nitrogens with one attached hydrogen (secondary N) is 1. The summed E-state index contributed by atoms with van der Waals surface area (Å²) in [6.45, 7) is 0.560. The molecule has 9 nitrogen and oxygen atoms in total. The highest BCUT2D eigenvalue weighted by molar-refractivity contribution is 7.91. The summed E-state index contributed by atoms with van der Waals surface area (Å²) < 4.78 is 24.8. The summed E-state index contributed by atoms with van der Waals surface area (Å²) in [5, 5.41) is 14.1. The molecule has 2 aromatic carbocycles. The van der Waals surface area contributed by atoms with Crippen molar-refractivity contribution in [2.75, 3.05) is 17.6 Å². The molecule has 11 heteroatoms. The van der Waals surface area contributed by atoms with Crippen LogP contribution in [0.4, 0.5) is 5.69 Å². The summed E-state index contributed by atoms with van der Waals surface area (Å²) in [6, 6.07) is 12.8. The lowest BCUT2D eigenvalue weighted by molar-refractivity contribution is -0.115. The summed E-state index contributed by atoms with van der Waals surface area (Å²) in [5.74, 6) is -1.06. The van der Waals surface area contributed by atoms with Gasteiger partial charge in [0.05, 0.1) is 23.1 Å². The van der Waals surface area contributed by atoms with Crippen molar-refractivity contribution in [1.82, 2.24) is 9.88 Å². The van der Waals surface area contributed by atoms with E-state index in [0.29, 0.717) is 28.4 Å². The predicted octanol–water partition coefficient (Wildman–Crippen LogP) is 4.18. The highest BCUT2D eigenvalue weighted by atomic mass is 32.2. The van der Waals surface area contributed by atoms with Gasteiger partial charge >= 0.3 is 5.97 Å². The molecule has 1 saturated heterocycles. The zero-order valence-electron chi connectivity index (χ0n) is 20.5. The molecular formula is C27H27N3O6S2. The lowest BCUT2D eigenvalue weighted by Crippen LogP contribution is -2.30. The van der Waals surface area contributed by atoms with Crippen LogP contribution in [0.5, 0.6) is 0 Å². The fourth-order valence-corrected chi connectivity index (χ4v) is 7.20. The van der Waals surface area contributed by atoms with Crippen molar-refractivity contribution in [3.05, 3.63) is 75.7 Å². The first-order valence-corrected chi connectivity index (χ1v) is 14.9. The topological polar surface area (TPSA) is 134 Å². The van der Waals surface area contributed by atoms with Crippen molar-refractivity contribution in [1.29, 1.82) is 0 Å². The first-order valence-electron chi connectivity index (χ1n) is 12.4. The summed E-state index contributed by atoms with van der Waals surface area (Å²) in [7, 11) is -3.29. The second-order valence-corrected chi connectivity index (χ2v) is 12.6. The molecule has 2 amide bonds. The van der Waals surface area contributed by atoms with Gasteiger partial charge in [0.25, 0.3) is 5.91 Å². The van der Waals surface area contributed by atoms with E-state index in [1.165, 1.54) is 16.7 Å². The van der Waals surface area contributed by atoms with E-state index in [1.807, 2.05) is 0 Å². The average molecular weight is 554 g/mol. The normalized spacial score (nSPS) is 17.4. The van der Waals surface area contributed by atoms with Crippen LogP contribution in [0.25, 0.3) is 0 Å². The molecule has 0 radical (unpaired) electrons. The molecule has 5 rings (SSSR count). The third kappa shape index (κ3) is 5.94. The van der Waals surface area contributed by atoms with Crippen LogP contribution >= 0.6 is 11.3 Å². The minimum atomic E-state index is -3.29. The molecule has 1 aromatic heterocycles. The second-order valence-electron chi connectivity index (χ2n) is 9.70. The van der Waals surface area contributed by atoms with Gasteiger partial charge in [-0.05, 0) is 73.6 Å². The Morgan fingerprint density at radius 3 is 2.37 bits per heavy atom. The molecule has 3 aromatic rings. The molecular weight excluding hydrogens is 526 g/mol. The number of amides is 2. The molecule has 1 saturated carbocycles. The molecule has 2 aliphatic rings. The van der Waals surface area contributed by atoms with E-state index in [9.17, 15) is 22.8 Å². The summed E-state index contributed by atoms with van der Waals surface area (Å²) in [6.07, 6.45) is 3.55. The van der Waals surface area contributed by atoms with Crippen LogP contribution < -0.4 is 5.32 Å². The number of sulfone groups is 1. The van der Waals surface area contributed by atoms with E-state index >= 15 is 0 Å². The van der Waals surface area contributed by atoms with Crippen molar-refractivity contribution in [3.63, 3.8) is 0 Å². The van der Waals surface area contributed by atoms with Crippen molar-refractivity contribution < 1.29 is 27.9 Å². The second kappa shape index (κ2) is 10.7. The maximum atomic E-state index is 13.2. The van der Waals surface area contributed by atoms with Gasteiger partial charge in [0, 0.05) is 23.2 Å². The van der Waals surface area contributed by atoms with Gasteiger partial charge in [-0.3, -0.25) is 9.59 Å². The monoisotopic (exact) mass is 553 g/mol. The maximum Gasteiger partial charge on any atom is 0.355 e. The molecule has 1 aliphatic heterocycles. The molecule has 38 heavy (non-hydrogen) atoms. The third-order valence-corrected chi connectivity index (χ3v) is 9.60. The van der Waals surface area contributed by atoms with Gasteiger partial charge in [-0.1, -0.05) is 12.1 Å². The van der Waals surface area contributed by atoms with Gasteiger partial charge in [0.15, 0.2) is 15.5 Å². The van der Waals surface area contributed by atoms with E-state index < -0.39 is 15.8 Å². The number of carbonyl (C=O) groups is 3. The standard InChI is InChI=1S/C27H27N3O6S2/c31-24(14-17-5-11-21(12-6-17)38(35,36)16-18-3-4-18)28-20-9-7-19(8-10-20)26(32)30-13-1-2-23(30)25-29-22(15-37-25)27(33)34/h5-12,15,18,23H,1-4,13-14,16H2,(H,28,31)(H,33,34). The number of thiazole rings is 1. The van der Waals surface area contributed by atoms with Gasteiger partial charge in [0.1, 0.15) is 5.01 Å². The first-order chi connectivity index (χ1) is 18.2. The first kappa shape index (κ1) is 26.1. The van der Waals surface area contributed by atoms with Crippen LogP contribution in [0.15, 0.2) is 58.8 Å². The summed E-state index contributed by atoms with van der Waals surface area (Å²) >= 11 is 1.24. The van der Waals surface area contributed by atoms with Gasteiger partial charge < -0.3 is 15.3 Å². The largest absolute Gasteiger partial charge is 0.476 e. The highest BCUT2D eigenvalue weighted by Crippen LogP contribution is 2.35. The van der Waals surface area contributed by atoms with Crippen molar-refractivity contribution >= 4 is 44.6 Å². The predicted molar refractivity (Wildman–Crippen MR) is 142 cm³/mol. The van der Waals surface area contributed by atoms with Crippen LogP contribution in [0.1, 0.15) is 63.1 Å². The lowest BCUT2D eigenvalue weighted by Gasteiger charge is -2.23. The van der Waals surface area contributed by atoms with Gasteiger partial charge in [-0.25, -0.2) is 18.2 Å². The Balaban J connectivity index is 1.18. The third-order valence-electron chi connectivity index (χ3n) is 6.75. The number of likely N-dealkylation sites (tertiary alicyclic amines) is 1. The molecule has 2 heterocycles.